The van der Waals surface area contributed by atoms with Crippen LogP contribution in [0.2, 0.25) is 0 Å². The van der Waals surface area contributed by atoms with Gasteiger partial charge in [0.05, 0.1) is 5.75 Å². The zero-order chi connectivity index (χ0) is 18.7. The number of aromatic nitrogens is 2. The second kappa shape index (κ2) is 7.56. The molecule has 0 aliphatic rings. The number of hydrogen-bond donors (Lipinski definition) is 1. The van der Waals surface area contributed by atoms with E-state index in [1.807, 2.05) is 13.8 Å². The molecule has 0 fully saturated rings. The predicted molar refractivity (Wildman–Crippen MR) is 96.7 cm³/mol. The Bertz CT molecular complexity index is 721. The minimum atomic E-state index is -0.326. The van der Waals surface area contributed by atoms with Crippen molar-refractivity contribution in [2.24, 2.45) is 5.41 Å². The Kier molecular flexibility index (Phi) is 5.87. The molecular formula is C18H24FN3O2S. The van der Waals surface area contributed by atoms with Gasteiger partial charge in [-0.25, -0.2) is 4.39 Å². The summed E-state index contributed by atoms with van der Waals surface area (Å²) in [6.07, 6.45) is 0.867. The van der Waals surface area contributed by atoms with Gasteiger partial charge in [-0.2, -0.15) is 0 Å². The molecule has 5 nitrogen and oxygen atoms in total. The van der Waals surface area contributed by atoms with Gasteiger partial charge in [0.25, 0.3) is 5.22 Å². The third-order valence-electron chi connectivity index (χ3n) is 3.27. The highest BCUT2D eigenvalue weighted by atomic mass is 32.2. The molecule has 1 amide bonds. The monoisotopic (exact) mass is 365 g/mol. The number of hydrogen-bond acceptors (Lipinski definition) is 5. The molecule has 7 heteroatoms. The molecule has 0 atom stereocenters. The van der Waals surface area contributed by atoms with E-state index >= 15 is 0 Å². The molecule has 25 heavy (non-hydrogen) atoms. The van der Waals surface area contributed by atoms with Crippen molar-refractivity contribution in [1.82, 2.24) is 15.5 Å². The van der Waals surface area contributed by atoms with Crippen LogP contribution in [0.15, 0.2) is 33.9 Å². The Hall–Kier alpha value is -1.89. The zero-order valence-electron chi connectivity index (χ0n) is 15.2. The summed E-state index contributed by atoms with van der Waals surface area (Å²) >= 11 is 1.18. The van der Waals surface area contributed by atoms with E-state index in [2.05, 4.69) is 36.3 Å². The van der Waals surface area contributed by atoms with Gasteiger partial charge in [-0.05, 0) is 49.9 Å². The fourth-order valence-electron chi connectivity index (χ4n) is 2.89. The van der Waals surface area contributed by atoms with Crippen LogP contribution in [0.25, 0.3) is 11.5 Å². The third kappa shape index (κ3) is 6.49. The molecule has 1 heterocycles. The van der Waals surface area contributed by atoms with Crippen molar-refractivity contribution in [2.45, 2.75) is 51.8 Å². The smallest absolute Gasteiger partial charge is 0.277 e. The first-order valence-corrected chi connectivity index (χ1v) is 9.06. The molecule has 0 aliphatic heterocycles. The van der Waals surface area contributed by atoms with Crippen LogP contribution in [-0.4, -0.2) is 27.4 Å². The van der Waals surface area contributed by atoms with Gasteiger partial charge < -0.3 is 9.73 Å². The zero-order valence-corrected chi connectivity index (χ0v) is 16.0. The van der Waals surface area contributed by atoms with Crippen molar-refractivity contribution in [3.8, 4) is 11.5 Å². The minimum absolute atomic E-state index is 0.0826. The van der Waals surface area contributed by atoms with Crippen LogP contribution in [0.5, 0.6) is 0 Å². The normalized spacial score (nSPS) is 12.2. The summed E-state index contributed by atoms with van der Waals surface area (Å²) in [5.74, 6) is 0.0858. The van der Waals surface area contributed by atoms with E-state index in [0.717, 1.165) is 6.42 Å². The third-order valence-corrected chi connectivity index (χ3v) is 4.09. The van der Waals surface area contributed by atoms with Gasteiger partial charge in [-0.3, -0.25) is 4.79 Å². The van der Waals surface area contributed by atoms with Crippen LogP contribution in [0.4, 0.5) is 4.39 Å². The lowest BCUT2D eigenvalue weighted by molar-refractivity contribution is -0.120. The molecule has 0 aliphatic carbocycles. The van der Waals surface area contributed by atoms with Gasteiger partial charge in [0, 0.05) is 11.1 Å². The van der Waals surface area contributed by atoms with E-state index in [0.29, 0.717) is 16.7 Å². The summed E-state index contributed by atoms with van der Waals surface area (Å²) in [7, 11) is 0. The van der Waals surface area contributed by atoms with Crippen molar-refractivity contribution < 1.29 is 13.6 Å². The SMILES string of the molecule is CC(C)(C)CC(C)(C)NC(=O)CSc1nnc(-c2ccc(F)cc2)o1. The summed E-state index contributed by atoms with van der Waals surface area (Å²) in [5.41, 5.74) is 0.473. The minimum Gasteiger partial charge on any atom is -0.411 e. The molecule has 2 rings (SSSR count). The number of nitrogens with zero attached hydrogens (tertiary/aromatic N) is 2. The van der Waals surface area contributed by atoms with Gasteiger partial charge in [0.2, 0.25) is 11.8 Å². The van der Waals surface area contributed by atoms with Crippen molar-refractivity contribution >= 4 is 17.7 Å². The number of nitrogens with one attached hydrogen (secondary N) is 1. The quantitative estimate of drug-likeness (QED) is 0.773. The second-order valence-corrected chi connectivity index (χ2v) is 8.76. The van der Waals surface area contributed by atoms with Crippen LogP contribution < -0.4 is 5.32 Å². The molecule has 136 valence electrons. The van der Waals surface area contributed by atoms with E-state index in [4.69, 9.17) is 4.42 Å². The highest BCUT2D eigenvalue weighted by Crippen LogP contribution is 2.27. The molecule has 1 N–H and O–H groups in total. The maximum atomic E-state index is 12.9. The number of benzene rings is 1. The topological polar surface area (TPSA) is 68.0 Å². The first kappa shape index (κ1) is 19.4. The highest BCUT2D eigenvalue weighted by Gasteiger charge is 2.27. The molecule has 0 bridgehead atoms. The number of halogens is 1. The predicted octanol–water partition coefficient (Wildman–Crippen LogP) is 4.30. The first-order valence-electron chi connectivity index (χ1n) is 8.07. The summed E-state index contributed by atoms with van der Waals surface area (Å²) in [5, 5.41) is 11.2. The van der Waals surface area contributed by atoms with Gasteiger partial charge in [0.15, 0.2) is 0 Å². The van der Waals surface area contributed by atoms with E-state index in [-0.39, 0.29) is 28.4 Å². The van der Waals surface area contributed by atoms with E-state index in [1.54, 1.807) is 12.1 Å². The van der Waals surface area contributed by atoms with Crippen molar-refractivity contribution in [1.29, 1.82) is 0 Å². The van der Waals surface area contributed by atoms with Crippen LogP contribution in [-0.2, 0) is 4.79 Å². The van der Waals surface area contributed by atoms with E-state index < -0.39 is 0 Å². The Morgan fingerprint density at radius 2 is 1.80 bits per heavy atom. The highest BCUT2D eigenvalue weighted by molar-refractivity contribution is 7.99. The second-order valence-electron chi connectivity index (χ2n) is 7.84. The summed E-state index contributed by atoms with van der Waals surface area (Å²) < 4.78 is 18.4. The molecule has 0 saturated carbocycles. The number of carbonyl (C=O) groups is 1. The van der Waals surface area contributed by atoms with Crippen molar-refractivity contribution in [3.05, 3.63) is 30.1 Å². The van der Waals surface area contributed by atoms with Crippen LogP contribution >= 0.6 is 11.8 Å². The van der Waals surface area contributed by atoms with Crippen molar-refractivity contribution in [2.75, 3.05) is 5.75 Å². The molecule has 2 aromatic rings. The van der Waals surface area contributed by atoms with Gasteiger partial charge in [-0.1, -0.05) is 32.5 Å². The Balaban J connectivity index is 1.89. The standard InChI is InChI=1S/C18H24FN3O2S/c1-17(2,3)11-18(4,5)20-14(23)10-25-16-22-21-15(24-16)12-6-8-13(19)9-7-12/h6-9H,10-11H2,1-5H3,(H,20,23). The largest absolute Gasteiger partial charge is 0.411 e. The maximum Gasteiger partial charge on any atom is 0.277 e. The Labute approximate surface area is 151 Å². The number of carbonyl (C=O) groups excluding carboxylic acids is 1. The molecule has 0 saturated heterocycles. The molecule has 0 unspecified atom stereocenters. The molecule has 0 spiro atoms. The average Bonchev–Trinajstić information content (AvgIpc) is 2.91. The fourth-order valence-corrected chi connectivity index (χ4v) is 3.45. The first-order chi connectivity index (χ1) is 11.5. The summed E-state index contributed by atoms with van der Waals surface area (Å²) in [6, 6.07) is 5.80. The summed E-state index contributed by atoms with van der Waals surface area (Å²) in [4.78, 5) is 12.2. The number of rotatable bonds is 6. The molecule has 1 aromatic heterocycles. The number of amides is 1. The average molecular weight is 365 g/mol. The van der Waals surface area contributed by atoms with Crippen LogP contribution in [0, 0.1) is 11.2 Å². The van der Waals surface area contributed by atoms with E-state index in [1.165, 1.54) is 23.9 Å². The lowest BCUT2D eigenvalue weighted by Gasteiger charge is -2.33. The van der Waals surface area contributed by atoms with Gasteiger partial charge in [-0.15, -0.1) is 10.2 Å². The lowest BCUT2D eigenvalue weighted by atomic mass is 9.82. The lowest BCUT2D eigenvalue weighted by Crippen LogP contribution is -2.46. The fraction of sp³-hybridized carbons (Fsp3) is 0.500. The van der Waals surface area contributed by atoms with E-state index in [9.17, 15) is 9.18 Å². The van der Waals surface area contributed by atoms with Crippen molar-refractivity contribution in [3.63, 3.8) is 0 Å². The Morgan fingerprint density at radius 1 is 1.16 bits per heavy atom. The maximum absolute atomic E-state index is 12.9. The van der Waals surface area contributed by atoms with Gasteiger partial charge in [0.1, 0.15) is 5.82 Å². The van der Waals surface area contributed by atoms with Gasteiger partial charge >= 0.3 is 0 Å². The molecular weight excluding hydrogens is 341 g/mol. The Morgan fingerprint density at radius 3 is 2.40 bits per heavy atom. The molecule has 1 aromatic carbocycles. The van der Waals surface area contributed by atoms with Crippen LogP contribution in [0.1, 0.15) is 41.0 Å². The van der Waals surface area contributed by atoms with Crippen LogP contribution in [0.3, 0.4) is 0 Å². The number of thioether (sulfide) groups is 1. The molecule has 0 radical (unpaired) electrons. The summed E-state index contributed by atoms with van der Waals surface area (Å²) in [6.45, 7) is 10.5.